The summed E-state index contributed by atoms with van der Waals surface area (Å²) in [6.07, 6.45) is 17.7. The van der Waals surface area contributed by atoms with E-state index in [1.807, 2.05) is 45.6 Å². The molecule has 54 heavy (non-hydrogen) atoms. The van der Waals surface area contributed by atoms with Gasteiger partial charge in [-0.05, 0) is 74.6 Å². The van der Waals surface area contributed by atoms with E-state index < -0.39 is 24.3 Å². The van der Waals surface area contributed by atoms with Gasteiger partial charge in [-0.15, -0.1) is 0 Å². The minimum atomic E-state index is -1.09. The average molecular weight is 759 g/mol. The summed E-state index contributed by atoms with van der Waals surface area (Å²) in [5.74, 6) is -0.996. The Hall–Kier alpha value is -4.58. The lowest BCUT2D eigenvalue weighted by Crippen LogP contribution is -2.32. The number of alkyl halides is 2. The highest BCUT2D eigenvalue weighted by atomic mass is 19.1. The molecule has 1 N–H and O–H groups in total. The molecule has 3 heterocycles. The number of rotatable bonds is 14. The molecule has 1 fully saturated rings. The predicted octanol–water partition coefficient (Wildman–Crippen LogP) is 11.0. The first-order valence-corrected chi connectivity index (χ1v) is 18.4. The van der Waals surface area contributed by atoms with E-state index in [-0.39, 0.29) is 36.9 Å². The molecule has 2 aliphatic heterocycles. The lowest BCUT2D eigenvalue weighted by atomic mass is 9.99. The minimum Gasteiger partial charge on any atom is -0.477 e. The van der Waals surface area contributed by atoms with E-state index in [2.05, 4.69) is 40.1 Å². The SMILES string of the molecule is CC.CC1CCO1.CCN(C(CC1=CCC=C(CC2=NC(OCC(C)C=CC/C(F)=C\CF)=C(F)CC=C2)C(C)=C1)=NC)c1cccc(C(=O)O)n1.CF. The molecule has 0 aromatic carbocycles. The number of allylic oxidation sites excluding steroid dienone is 11. The topological polar surface area (TPSA) is 96.6 Å². The molecule has 2 atom stereocenters. The monoisotopic (exact) mass is 758 g/mol. The molecule has 1 aromatic heterocycles. The highest BCUT2D eigenvalue weighted by Crippen LogP contribution is 2.27. The van der Waals surface area contributed by atoms with Crippen LogP contribution in [-0.4, -0.2) is 74.4 Å². The average Bonchev–Trinajstić information content (AvgIpc) is 3.45. The molecule has 298 valence electrons. The molecule has 0 radical (unpaired) electrons. The first-order valence-electron chi connectivity index (χ1n) is 18.4. The van der Waals surface area contributed by atoms with Gasteiger partial charge in [0.05, 0.1) is 19.9 Å². The number of pyridine rings is 1. The molecule has 12 heteroatoms. The molecule has 3 aliphatic rings. The second kappa shape index (κ2) is 27.1. The zero-order valence-electron chi connectivity index (χ0n) is 33.0. The highest BCUT2D eigenvalue weighted by molar-refractivity contribution is 5.99. The molecule has 0 bridgehead atoms. The zero-order valence-corrected chi connectivity index (χ0v) is 33.0. The summed E-state index contributed by atoms with van der Waals surface area (Å²) in [5.41, 5.74) is 3.80. The number of aliphatic imine (C=N–C) groups is 2. The Morgan fingerprint density at radius 3 is 2.54 bits per heavy atom. The Balaban J connectivity index is 0.00000145. The number of amidine groups is 1. The third-order valence-electron chi connectivity index (χ3n) is 8.07. The maximum absolute atomic E-state index is 14.8. The van der Waals surface area contributed by atoms with Crippen molar-refractivity contribution in [3.8, 4) is 0 Å². The second-order valence-corrected chi connectivity index (χ2v) is 12.1. The first kappa shape index (κ1) is 47.4. The summed E-state index contributed by atoms with van der Waals surface area (Å²) in [6.45, 7) is 12.8. The van der Waals surface area contributed by atoms with Gasteiger partial charge >= 0.3 is 5.97 Å². The number of nitrogens with zero attached hydrogens (tertiary/aromatic N) is 4. The number of carboxylic acid groups (broad SMARTS) is 1. The van der Waals surface area contributed by atoms with Gasteiger partial charge in [0.1, 0.15) is 24.2 Å². The molecular weight excluding hydrogens is 700 g/mol. The molecule has 4 rings (SSSR count). The summed E-state index contributed by atoms with van der Waals surface area (Å²) in [6, 6.07) is 4.90. The highest BCUT2D eigenvalue weighted by Gasteiger charge is 2.18. The minimum absolute atomic E-state index is 0.00261. The summed E-state index contributed by atoms with van der Waals surface area (Å²) < 4.78 is 60.5. The number of carbonyl (C=O) groups is 1. The lowest BCUT2D eigenvalue weighted by Gasteiger charge is -2.24. The van der Waals surface area contributed by atoms with Crippen LogP contribution < -0.4 is 4.90 Å². The normalized spacial score (nSPS) is 17.7. The van der Waals surface area contributed by atoms with E-state index in [9.17, 15) is 27.5 Å². The Morgan fingerprint density at radius 2 is 1.94 bits per heavy atom. The van der Waals surface area contributed by atoms with Gasteiger partial charge in [-0.25, -0.2) is 27.9 Å². The van der Waals surface area contributed by atoms with Crippen molar-refractivity contribution in [1.82, 2.24) is 4.98 Å². The van der Waals surface area contributed by atoms with Crippen LogP contribution in [-0.2, 0) is 9.47 Å². The van der Waals surface area contributed by atoms with Crippen molar-refractivity contribution >= 4 is 23.3 Å². The number of aromatic carboxylic acids is 1. The molecule has 0 saturated carbocycles. The largest absolute Gasteiger partial charge is 0.477 e. The standard InChI is InChI=1S/C35H41F3N4O3.C4H8O.C2H6.CH3F/c1-5-42(32-17-9-16-31(41-32)35(43)44)33(39-4)21-26-11-7-12-27(25(3)20-26)22-29-14-8-15-30(38)34(40-29)45-23-24(2)10-6-13-28(37)18-19-36;1-4-2-3-5-4;2*1-2/h6,8-12,14,16-18,20,24H,5,7,13,15,19,21-23H2,1-4H3,(H,43,44);4H,2-3H2,1H3;1-2H3;1H3/b10-6?,28-18+,39-33?;;;. The quantitative estimate of drug-likeness (QED) is 0.0878. The molecular formula is C42H58F4N4O4. The van der Waals surface area contributed by atoms with Gasteiger partial charge in [0.25, 0.3) is 0 Å². The number of hydrogen-bond acceptors (Lipinski definition) is 6. The van der Waals surface area contributed by atoms with E-state index in [1.54, 1.807) is 37.4 Å². The third-order valence-corrected chi connectivity index (χ3v) is 8.07. The molecule has 8 nitrogen and oxygen atoms in total. The molecule has 1 aromatic rings. The Morgan fingerprint density at radius 1 is 1.24 bits per heavy atom. The van der Waals surface area contributed by atoms with Crippen LogP contribution in [0.25, 0.3) is 0 Å². The van der Waals surface area contributed by atoms with Crippen molar-refractivity contribution in [2.75, 3.05) is 45.6 Å². The van der Waals surface area contributed by atoms with Crippen LogP contribution in [0.2, 0.25) is 0 Å². The Labute approximate surface area is 319 Å². The van der Waals surface area contributed by atoms with E-state index in [1.165, 1.54) is 12.5 Å². The smallest absolute Gasteiger partial charge is 0.354 e. The van der Waals surface area contributed by atoms with Crippen LogP contribution >= 0.6 is 0 Å². The molecule has 2 unspecified atom stereocenters. The van der Waals surface area contributed by atoms with Gasteiger partial charge in [-0.3, -0.25) is 9.38 Å². The van der Waals surface area contributed by atoms with E-state index >= 15 is 0 Å². The van der Waals surface area contributed by atoms with Crippen molar-refractivity contribution < 1.29 is 36.9 Å². The van der Waals surface area contributed by atoms with Gasteiger partial charge in [0.2, 0.25) is 5.88 Å². The fraction of sp³-hybridized carbons (Fsp3) is 0.476. The van der Waals surface area contributed by atoms with Crippen LogP contribution in [0.4, 0.5) is 23.4 Å². The van der Waals surface area contributed by atoms with Crippen molar-refractivity contribution in [1.29, 1.82) is 0 Å². The van der Waals surface area contributed by atoms with Crippen LogP contribution in [0.15, 0.2) is 111 Å². The van der Waals surface area contributed by atoms with Crippen molar-refractivity contribution in [2.45, 2.75) is 86.2 Å². The summed E-state index contributed by atoms with van der Waals surface area (Å²) >= 11 is 0. The number of halogens is 4. The van der Waals surface area contributed by atoms with Gasteiger partial charge in [0, 0.05) is 57.5 Å². The van der Waals surface area contributed by atoms with Gasteiger partial charge in [-0.1, -0.05) is 63.3 Å². The molecule has 1 aliphatic carbocycles. The van der Waals surface area contributed by atoms with Crippen LogP contribution in [0, 0.1) is 5.92 Å². The summed E-state index contributed by atoms with van der Waals surface area (Å²) in [5, 5.41) is 9.37. The predicted molar refractivity (Wildman–Crippen MR) is 213 cm³/mol. The number of hydrogen-bond donors (Lipinski definition) is 1. The van der Waals surface area contributed by atoms with E-state index in [0.717, 1.165) is 35.2 Å². The molecule has 0 spiro atoms. The lowest BCUT2D eigenvalue weighted by molar-refractivity contribution is -0.0375. The zero-order chi connectivity index (χ0) is 40.5. The molecule has 1 saturated heterocycles. The fourth-order valence-electron chi connectivity index (χ4n) is 5.14. The summed E-state index contributed by atoms with van der Waals surface area (Å²) in [7, 11) is 2.21. The number of aromatic nitrogens is 1. The van der Waals surface area contributed by atoms with Gasteiger partial charge in [-0.2, -0.15) is 0 Å². The van der Waals surface area contributed by atoms with E-state index in [0.29, 0.717) is 50.6 Å². The van der Waals surface area contributed by atoms with Crippen molar-refractivity contribution in [3.63, 3.8) is 0 Å². The summed E-state index contributed by atoms with van der Waals surface area (Å²) in [4.78, 5) is 26.7. The number of carboxylic acids is 1. The van der Waals surface area contributed by atoms with Crippen molar-refractivity contribution in [2.24, 2.45) is 15.9 Å². The van der Waals surface area contributed by atoms with Crippen molar-refractivity contribution in [3.05, 3.63) is 107 Å². The fourth-order valence-corrected chi connectivity index (χ4v) is 5.14. The maximum Gasteiger partial charge on any atom is 0.354 e. The third kappa shape index (κ3) is 17.0. The maximum atomic E-state index is 14.8. The first-order chi connectivity index (χ1) is 26.0. The van der Waals surface area contributed by atoms with Crippen LogP contribution in [0.3, 0.4) is 0 Å². The second-order valence-electron chi connectivity index (χ2n) is 12.1. The van der Waals surface area contributed by atoms with Gasteiger partial charge in [0.15, 0.2) is 11.5 Å². The number of ether oxygens (including phenoxy) is 2. The van der Waals surface area contributed by atoms with Crippen LogP contribution in [0.1, 0.15) is 90.6 Å². The Bertz CT molecular complexity index is 1600. The molecule has 0 amide bonds. The van der Waals surface area contributed by atoms with Gasteiger partial charge < -0.3 is 19.5 Å². The van der Waals surface area contributed by atoms with E-state index in [4.69, 9.17) is 9.47 Å². The number of anilines is 1. The Kier molecular flexibility index (Phi) is 23.8. The van der Waals surface area contributed by atoms with Crippen LogP contribution in [0.5, 0.6) is 0 Å².